The predicted molar refractivity (Wildman–Crippen MR) is 40.9 cm³/mol. The second-order valence-corrected chi connectivity index (χ2v) is 1.93. The average Bonchev–Trinajstić information content (AvgIpc) is 2.10. The van der Waals surface area contributed by atoms with E-state index in [4.69, 9.17) is 5.73 Å². The zero-order valence-electron chi connectivity index (χ0n) is 6.03. The van der Waals surface area contributed by atoms with E-state index in [1.807, 2.05) is 6.92 Å². The van der Waals surface area contributed by atoms with E-state index in [-0.39, 0.29) is 12.4 Å². The lowest BCUT2D eigenvalue weighted by Gasteiger charge is -1.83. The first-order valence-corrected chi connectivity index (χ1v) is 2.81. The summed E-state index contributed by atoms with van der Waals surface area (Å²) in [6.45, 7) is 2.37. The standard InChI is InChI=1S/C5H10N4.ClH/c1-4-5(3-6)8-9(2)7-4;/h3,6H2,1-2H3;1H. The number of aromatic nitrogens is 3. The maximum atomic E-state index is 5.35. The Labute approximate surface area is 65.8 Å². The summed E-state index contributed by atoms with van der Waals surface area (Å²) in [5.74, 6) is 0. The molecule has 0 saturated carbocycles. The maximum absolute atomic E-state index is 5.35. The lowest BCUT2D eigenvalue weighted by Crippen LogP contribution is -1.99. The molecule has 1 aromatic rings. The number of halogens is 1. The van der Waals surface area contributed by atoms with Crippen molar-refractivity contribution in [2.45, 2.75) is 13.5 Å². The van der Waals surface area contributed by atoms with Crippen LogP contribution in [-0.4, -0.2) is 15.0 Å². The van der Waals surface area contributed by atoms with Gasteiger partial charge >= 0.3 is 0 Å². The first-order chi connectivity index (χ1) is 4.24. The minimum atomic E-state index is 0. The van der Waals surface area contributed by atoms with E-state index in [9.17, 15) is 0 Å². The fourth-order valence-electron chi connectivity index (χ4n) is 0.733. The molecule has 0 atom stereocenters. The largest absolute Gasteiger partial charge is 0.325 e. The van der Waals surface area contributed by atoms with Gasteiger partial charge in [0.25, 0.3) is 0 Å². The van der Waals surface area contributed by atoms with Gasteiger partial charge in [-0.3, -0.25) is 0 Å². The Morgan fingerprint density at radius 3 is 2.30 bits per heavy atom. The van der Waals surface area contributed by atoms with Crippen LogP contribution in [0.5, 0.6) is 0 Å². The van der Waals surface area contributed by atoms with Gasteiger partial charge in [-0.1, -0.05) is 0 Å². The Balaban J connectivity index is 0.000000810. The number of aryl methyl sites for hydroxylation is 2. The van der Waals surface area contributed by atoms with Crippen LogP contribution in [0.15, 0.2) is 0 Å². The van der Waals surface area contributed by atoms with E-state index in [2.05, 4.69) is 10.2 Å². The van der Waals surface area contributed by atoms with E-state index >= 15 is 0 Å². The summed E-state index contributed by atoms with van der Waals surface area (Å²) in [6, 6.07) is 0. The summed E-state index contributed by atoms with van der Waals surface area (Å²) in [7, 11) is 1.78. The molecule has 5 heteroatoms. The molecular formula is C5H11ClN4. The lowest BCUT2D eigenvalue weighted by molar-refractivity contribution is 0.642. The van der Waals surface area contributed by atoms with Crippen LogP contribution in [0.25, 0.3) is 0 Å². The highest BCUT2D eigenvalue weighted by Gasteiger charge is 1.99. The summed E-state index contributed by atoms with van der Waals surface area (Å²) in [6.07, 6.45) is 0. The van der Waals surface area contributed by atoms with Crippen molar-refractivity contribution in [3.05, 3.63) is 11.4 Å². The zero-order chi connectivity index (χ0) is 6.85. The van der Waals surface area contributed by atoms with Crippen LogP contribution in [0.4, 0.5) is 0 Å². The number of nitrogens with zero attached hydrogens (tertiary/aromatic N) is 3. The molecule has 0 aliphatic carbocycles. The molecule has 0 amide bonds. The van der Waals surface area contributed by atoms with Gasteiger partial charge in [0.2, 0.25) is 0 Å². The van der Waals surface area contributed by atoms with Crippen LogP contribution in [0, 0.1) is 6.92 Å². The molecular weight excluding hydrogens is 152 g/mol. The highest BCUT2D eigenvalue weighted by Crippen LogP contribution is 1.96. The molecule has 1 rings (SSSR count). The van der Waals surface area contributed by atoms with E-state index in [0.717, 1.165) is 11.4 Å². The number of hydrogen-bond donors (Lipinski definition) is 1. The second-order valence-electron chi connectivity index (χ2n) is 1.93. The molecule has 1 heterocycles. The molecule has 1 aromatic heterocycles. The Hall–Kier alpha value is -0.610. The SMILES string of the molecule is Cc1nn(C)nc1CN.Cl. The number of rotatable bonds is 1. The Bertz CT molecular complexity index is 207. The van der Waals surface area contributed by atoms with Gasteiger partial charge in [-0.2, -0.15) is 15.0 Å². The average molecular weight is 163 g/mol. The van der Waals surface area contributed by atoms with Crippen LogP contribution in [-0.2, 0) is 13.6 Å². The molecule has 58 valence electrons. The van der Waals surface area contributed by atoms with E-state index < -0.39 is 0 Å². The molecule has 0 spiro atoms. The van der Waals surface area contributed by atoms with Crippen LogP contribution in [0.1, 0.15) is 11.4 Å². The first kappa shape index (κ1) is 9.39. The molecule has 0 aliphatic heterocycles. The summed E-state index contributed by atoms with van der Waals surface area (Å²) < 4.78 is 0. The van der Waals surface area contributed by atoms with E-state index in [0.29, 0.717) is 6.54 Å². The van der Waals surface area contributed by atoms with Gasteiger partial charge in [0.15, 0.2) is 0 Å². The quantitative estimate of drug-likeness (QED) is 0.633. The van der Waals surface area contributed by atoms with Crippen molar-refractivity contribution < 1.29 is 0 Å². The molecule has 0 saturated heterocycles. The zero-order valence-corrected chi connectivity index (χ0v) is 6.85. The molecule has 0 aliphatic rings. The monoisotopic (exact) mass is 162 g/mol. The third-order valence-electron chi connectivity index (χ3n) is 1.17. The molecule has 4 nitrogen and oxygen atoms in total. The van der Waals surface area contributed by atoms with Gasteiger partial charge in [-0.15, -0.1) is 12.4 Å². The van der Waals surface area contributed by atoms with E-state index in [1.165, 1.54) is 4.80 Å². The Kier molecular flexibility index (Phi) is 3.32. The van der Waals surface area contributed by atoms with Crippen molar-refractivity contribution in [1.29, 1.82) is 0 Å². The fraction of sp³-hybridized carbons (Fsp3) is 0.600. The number of hydrogen-bond acceptors (Lipinski definition) is 3. The summed E-state index contributed by atoms with van der Waals surface area (Å²) in [4.78, 5) is 1.53. The minimum Gasteiger partial charge on any atom is -0.325 e. The Morgan fingerprint density at radius 2 is 2.10 bits per heavy atom. The van der Waals surface area contributed by atoms with Crippen molar-refractivity contribution >= 4 is 12.4 Å². The van der Waals surface area contributed by atoms with Gasteiger partial charge in [0.05, 0.1) is 11.4 Å². The Morgan fingerprint density at radius 1 is 1.50 bits per heavy atom. The second kappa shape index (κ2) is 3.53. The molecule has 0 bridgehead atoms. The molecule has 2 N–H and O–H groups in total. The predicted octanol–water partition coefficient (Wildman–Crippen LogP) is 0.00402. The van der Waals surface area contributed by atoms with Gasteiger partial charge < -0.3 is 5.73 Å². The lowest BCUT2D eigenvalue weighted by atomic mass is 10.4. The van der Waals surface area contributed by atoms with Gasteiger partial charge in [0, 0.05) is 13.6 Å². The first-order valence-electron chi connectivity index (χ1n) is 2.81. The third-order valence-corrected chi connectivity index (χ3v) is 1.17. The van der Waals surface area contributed by atoms with E-state index in [1.54, 1.807) is 7.05 Å². The van der Waals surface area contributed by atoms with Crippen molar-refractivity contribution in [3.63, 3.8) is 0 Å². The van der Waals surface area contributed by atoms with Crippen LogP contribution in [0.2, 0.25) is 0 Å². The van der Waals surface area contributed by atoms with Crippen LogP contribution < -0.4 is 5.73 Å². The highest BCUT2D eigenvalue weighted by molar-refractivity contribution is 5.85. The van der Waals surface area contributed by atoms with Crippen LogP contribution in [0.3, 0.4) is 0 Å². The van der Waals surface area contributed by atoms with Crippen molar-refractivity contribution in [1.82, 2.24) is 15.0 Å². The van der Waals surface area contributed by atoms with Gasteiger partial charge in [-0.25, -0.2) is 0 Å². The number of nitrogens with two attached hydrogens (primary N) is 1. The maximum Gasteiger partial charge on any atom is 0.0991 e. The fourth-order valence-corrected chi connectivity index (χ4v) is 0.733. The van der Waals surface area contributed by atoms with Crippen molar-refractivity contribution in [2.75, 3.05) is 0 Å². The van der Waals surface area contributed by atoms with Crippen molar-refractivity contribution in [2.24, 2.45) is 12.8 Å². The summed E-state index contributed by atoms with van der Waals surface area (Å²) >= 11 is 0. The van der Waals surface area contributed by atoms with Crippen LogP contribution >= 0.6 is 12.4 Å². The molecule has 0 radical (unpaired) electrons. The van der Waals surface area contributed by atoms with Crippen molar-refractivity contribution in [3.8, 4) is 0 Å². The normalized spacial score (nSPS) is 9.10. The smallest absolute Gasteiger partial charge is 0.0991 e. The molecule has 0 unspecified atom stereocenters. The molecule has 10 heavy (non-hydrogen) atoms. The summed E-state index contributed by atoms with van der Waals surface area (Å²) in [5.41, 5.74) is 7.14. The molecule has 0 aromatic carbocycles. The topological polar surface area (TPSA) is 56.7 Å². The van der Waals surface area contributed by atoms with Gasteiger partial charge in [-0.05, 0) is 6.92 Å². The minimum absolute atomic E-state index is 0. The van der Waals surface area contributed by atoms with Gasteiger partial charge in [0.1, 0.15) is 0 Å². The third kappa shape index (κ3) is 1.68. The molecule has 0 fully saturated rings. The summed E-state index contributed by atoms with van der Waals surface area (Å²) in [5, 5.41) is 8.02. The highest BCUT2D eigenvalue weighted by atomic mass is 35.5.